The fraction of sp³-hybridized carbons (Fsp3) is 0.391. The van der Waals surface area contributed by atoms with Gasteiger partial charge in [0.25, 0.3) is 0 Å². The van der Waals surface area contributed by atoms with Crippen molar-refractivity contribution in [1.82, 2.24) is 19.2 Å². The van der Waals surface area contributed by atoms with Crippen molar-refractivity contribution in [3.05, 3.63) is 64.2 Å². The van der Waals surface area contributed by atoms with Gasteiger partial charge in [-0.25, -0.2) is 9.07 Å². The molecule has 170 valence electrons. The predicted octanol–water partition coefficient (Wildman–Crippen LogP) is 3.79. The molecule has 0 saturated carbocycles. The molecule has 1 saturated heterocycles. The zero-order valence-corrected chi connectivity index (χ0v) is 19.4. The summed E-state index contributed by atoms with van der Waals surface area (Å²) in [5, 5.41) is 4.89. The molecule has 7 nitrogen and oxygen atoms in total. The van der Waals surface area contributed by atoms with E-state index in [0.717, 1.165) is 35.9 Å². The van der Waals surface area contributed by atoms with Crippen LogP contribution in [0.3, 0.4) is 0 Å². The van der Waals surface area contributed by atoms with E-state index in [4.69, 9.17) is 26.8 Å². The predicted molar refractivity (Wildman–Crippen MR) is 125 cm³/mol. The number of methoxy groups -OCH3 is 1. The van der Waals surface area contributed by atoms with Crippen LogP contribution in [-0.4, -0.2) is 59.7 Å². The van der Waals surface area contributed by atoms with Crippen LogP contribution in [0.4, 0.5) is 10.3 Å². The summed E-state index contributed by atoms with van der Waals surface area (Å²) in [5.41, 5.74) is 2.99. The van der Waals surface area contributed by atoms with E-state index in [0.29, 0.717) is 31.2 Å². The number of hydrogen-bond acceptors (Lipinski definition) is 6. The van der Waals surface area contributed by atoms with Gasteiger partial charge in [-0.3, -0.25) is 9.47 Å². The highest BCUT2D eigenvalue weighted by Crippen LogP contribution is 2.24. The zero-order valence-electron chi connectivity index (χ0n) is 18.6. The van der Waals surface area contributed by atoms with Crippen LogP contribution in [0.2, 0.25) is 0 Å². The maximum atomic E-state index is 14.1. The van der Waals surface area contributed by atoms with Gasteiger partial charge in [-0.05, 0) is 55.5 Å². The molecule has 1 aromatic heterocycles. The van der Waals surface area contributed by atoms with Crippen LogP contribution in [0.25, 0.3) is 5.69 Å². The van der Waals surface area contributed by atoms with E-state index in [1.807, 2.05) is 34.5 Å². The molecule has 32 heavy (non-hydrogen) atoms. The SMILES string of the molecule is COc1ccc(CN(C)Cn2nc(N3CCOCC3)n(-c3ccccc3C)c2=S)cc1F. The second-order valence-electron chi connectivity index (χ2n) is 7.93. The first-order chi connectivity index (χ1) is 15.5. The maximum Gasteiger partial charge on any atom is 0.230 e. The van der Waals surface area contributed by atoms with Gasteiger partial charge in [-0.2, -0.15) is 0 Å². The Morgan fingerprint density at radius 1 is 1.19 bits per heavy atom. The molecule has 0 bridgehead atoms. The van der Waals surface area contributed by atoms with Gasteiger partial charge < -0.3 is 14.4 Å². The first-order valence-corrected chi connectivity index (χ1v) is 11.0. The van der Waals surface area contributed by atoms with Crippen molar-refractivity contribution in [2.45, 2.75) is 20.1 Å². The molecule has 3 aromatic rings. The molecule has 0 spiro atoms. The summed E-state index contributed by atoms with van der Waals surface area (Å²) in [4.78, 5) is 4.26. The Balaban J connectivity index is 1.63. The van der Waals surface area contributed by atoms with E-state index in [1.165, 1.54) is 13.2 Å². The maximum absolute atomic E-state index is 14.1. The van der Waals surface area contributed by atoms with E-state index in [-0.39, 0.29) is 11.6 Å². The molecule has 4 rings (SSSR count). The Kier molecular flexibility index (Phi) is 6.88. The van der Waals surface area contributed by atoms with Crippen molar-refractivity contribution < 1.29 is 13.9 Å². The molecule has 0 amide bonds. The Hall–Kier alpha value is -2.75. The molecule has 0 atom stereocenters. The van der Waals surface area contributed by atoms with Gasteiger partial charge in [0.2, 0.25) is 10.7 Å². The van der Waals surface area contributed by atoms with E-state index in [1.54, 1.807) is 6.07 Å². The number of anilines is 1. The number of rotatable bonds is 7. The first kappa shape index (κ1) is 22.4. The summed E-state index contributed by atoms with van der Waals surface area (Å²) in [6, 6.07) is 13.2. The number of benzene rings is 2. The monoisotopic (exact) mass is 457 g/mol. The topological polar surface area (TPSA) is 47.7 Å². The molecule has 2 heterocycles. The number of morpholine rings is 1. The van der Waals surface area contributed by atoms with Gasteiger partial charge in [0.1, 0.15) is 0 Å². The lowest BCUT2D eigenvalue weighted by molar-refractivity contribution is 0.121. The zero-order chi connectivity index (χ0) is 22.7. The fourth-order valence-corrected chi connectivity index (χ4v) is 4.16. The van der Waals surface area contributed by atoms with Crippen molar-refractivity contribution in [3.8, 4) is 11.4 Å². The van der Waals surface area contributed by atoms with Gasteiger partial charge in [-0.1, -0.05) is 24.3 Å². The molecule has 1 aliphatic heterocycles. The lowest BCUT2D eigenvalue weighted by Gasteiger charge is -2.27. The Labute approximate surface area is 192 Å². The summed E-state index contributed by atoms with van der Waals surface area (Å²) in [5.74, 6) is 0.690. The number of ether oxygens (including phenoxy) is 2. The van der Waals surface area contributed by atoms with Crippen LogP contribution in [0, 0.1) is 17.5 Å². The highest BCUT2D eigenvalue weighted by atomic mass is 32.1. The molecular formula is C23H28FN5O2S. The smallest absolute Gasteiger partial charge is 0.230 e. The average molecular weight is 458 g/mol. The van der Waals surface area contributed by atoms with Gasteiger partial charge in [0.05, 0.1) is 32.7 Å². The third-order valence-electron chi connectivity index (χ3n) is 5.52. The molecule has 0 N–H and O–H groups in total. The molecular weight excluding hydrogens is 429 g/mol. The van der Waals surface area contributed by atoms with Gasteiger partial charge in [0.15, 0.2) is 11.6 Å². The molecule has 1 fully saturated rings. The van der Waals surface area contributed by atoms with E-state index >= 15 is 0 Å². The van der Waals surface area contributed by atoms with Gasteiger partial charge in [0, 0.05) is 19.6 Å². The summed E-state index contributed by atoms with van der Waals surface area (Å²) < 4.78 is 29.1. The second-order valence-corrected chi connectivity index (χ2v) is 8.29. The molecule has 9 heteroatoms. The summed E-state index contributed by atoms with van der Waals surface area (Å²) in [6.45, 7) is 5.95. The molecule has 0 radical (unpaired) electrons. The highest BCUT2D eigenvalue weighted by molar-refractivity contribution is 7.71. The average Bonchev–Trinajstić information content (AvgIpc) is 3.10. The molecule has 2 aromatic carbocycles. The Morgan fingerprint density at radius 2 is 1.94 bits per heavy atom. The number of halogens is 1. The first-order valence-electron chi connectivity index (χ1n) is 10.6. The lowest BCUT2D eigenvalue weighted by atomic mass is 10.2. The highest BCUT2D eigenvalue weighted by Gasteiger charge is 2.22. The molecule has 0 unspecified atom stereocenters. The minimum atomic E-state index is -0.367. The van der Waals surface area contributed by atoms with Crippen molar-refractivity contribution in [3.63, 3.8) is 0 Å². The second kappa shape index (κ2) is 9.81. The molecule has 1 aliphatic rings. The van der Waals surface area contributed by atoms with Crippen LogP contribution in [0.5, 0.6) is 5.75 Å². The minimum absolute atomic E-state index is 0.241. The minimum Gasteiger partial charge on any atom is -0.494 e. The van der Waals surface area contributed by atoms with E-state index < -0.39 is 0 Å². The number of para-hydroxylation sites is 1. The summed E-state index contributed by atoms with van der Waals surface area (Å²) >= 11 is 5.86. The van der Waals surface area contributed by atoms with Crippen molar-refractivity contribution >= 4 is 18.2 Å². The van der Waals surface area contributed by atoms with Crippen LogP contribution >= 0.6 is 12.2 Å². The quantitative estimate of drug-likeness (QED) is 0.503. The van der Waals surface area contributed by atoms with Crippen LogP contribution in [0.1, 0.15) is 11.1 Å². The van der Waals surface area contributed by atoms with E-state index in [9.17, 15) is 4.39 Å². The largest absolute Gasteiger partial charge is 0.494 e. The lowest BCUT2D eigenvalue weighted by Crippen LogP contribution is -2.38. The van der Waals surface area contributed by atoms with Gasteiger partial charge >= 0.3 is 0 Å². The van der Waals surface area contributed by atoms with E-state index in [2.05, 4.69) is 28.9 Å². The number of hydrogen-bond donors (Lipinski definition) is 0. The standard InChI is InChI=1S/C23H28FN5O2S/c1-17-6-4-5-7-20(17)29-22(27-10-12-31-13-11-27)25-28(23(29)32)16-26(2)15-18-8-9-21(30-3)19(24)14-18/h4-9,14H,10-13,15-16H2,1-3H3. The van der Waals surface area contributed by atoms with Gasteiger partial charge in [-0.15, -0.1) is 5.10 Å². The number of aromatic nitrogens is 3. The van der Waals surface area contributed by atoms with Crippen LogP contribution in [0.15, 0.2) is 42.5 Å². The van der Waals surface area contributed by atoms with Crippen molar-refractivity contribution in [2.75, 3.05) is 45.4 Å². The summed E-state index contributed by atoms with van der Waals surface area (Å²) in [7, 11) is 3.42. The van der Waals surface area contributed by atoms with Crippen molar-refractivity contribution in [2.24, 2.45) is 0 Å². The van der Waals surface area contributed by atoms with Crippen LogP contribution < -0.4 is 9.64 Å². The Morgan fingerprint density at radius 3 is 2.62 bits per heavy atom. The number of aryl methyl sites for hydroxylation is 1. The van der Waals surface area contributed by atoms with Crippen molar-refractivity contribution in [1.29, 1.82) is 0 Å². The number of nitrogens with zero attached hydrogens (tertiary/aromatic N) is 5. The fourth-order valence-electron chi connectivity index (χ4n) is 3.88. The third-order valence-corrected chi connectivity index (χ3v) is 5.91. The molecule has 0 aliphatic carbocycles. The Bertz CT molecular complexity index is 1140. The normalized spacial score (nSPS) is 14.2. The summed E-state index contributed by atoms with van der Waals surface area (Å²) in [6.07, 6.45) is 0. The third kappa shape index (κ3) is 4.69. The van der Waals surface area contributed by atoms with Crippen LogP contribution in [-0.2, 0) is 18.0 Å².